The average molecular weight is 483 g/mol. The van der Waals surface area contributed by atoms with Gasteiger partial charge in [-0.1, -0.05) is 30.3 Å². The third kappa shape index (κ3) is 3.98. The average Bonchev–Trinajstić information content (AvgIpc) is 3.36. The van der Waals surface area contributed by atoms with Crippen molar-refractivity contribution in [2.45, 2.75) is 39.8 Å². The van der Waals surface area contributed by atoms with Crippen molar-refractivity contribution in [3.05, 3.63) is 107 Å². The summed E-state index contributed by atoms with van der Waals surface area (Å²) in [6.45, 7) is 8.67. The molecule has 1 aliphatic heterocycles. The van der Waals surface area contributed by atoms with Crippen molar-refractivity contribution in [3.63, 3.8) is 0 Å². The van der Waals surface area contributed by atoms with Crippen LogP contribution in [-0.2, 0) is 0 Å². The normalized spacial score (nSPS) is 17.5. The number of methoxy groups -OCH3 is 1. The summed E-state index contributed by atoms with van der Waals surface area (Å²) in [6.07, 6.45) is 1.84. The van der Waals surface area contributed by atoms with Gasteiger partial charge in [-0.2, -0.15) is 0 Å². The van der Waals surface area contributed by atoms with Gasteiger partial charge in [-0.15, -0.1) is 0 Å². The summed E-state index contributed by atoms with van der Waals surface area (Å²) in [4.78, 5) is 6.88. The Kier molecular flexibility index (Phi) is 6.07. The highest BCUT2D eigenvalue weighted by molar-refractivity contribution is 7.80. The van der Waals surface area contributed by atoms with E-state index in [0.717, 1.165) is 17.1 Å². The van der Waals surface area contributed by atoms with Crippen LogP contribution in [0.2, 0.25) is 0 Å². The maximum atomic E-state index is 5.92. The second-order valence-electron chi connectivity index (χ2n) is 9.12. The minimum absolute atomic E-state index is 0.0984. The van der Waals surface area contributed by atoms with Gasteiger partial charge >= 0.3 is 0 Å². The lowest BCUT2D eigenvalue weighted by atomic mass is 9.96. The van der Waals surface area contributed by atoms with Gasteiger partial charge in [-0.05, 0) is 93.0 Å². The van der Waals surface area contributed by atoms with Crippen LogP contribution in [-0.4, -0.2) is 21.8 Å². The van der Waals surface area contributed by atoms with Gasteiger partial charge in [0, 0.05) is 23.3 Å². The zero-order valence-electron chi connectivity index (χ0n) is 20.7. The van der Waals surface area contributed by atoms with Gasteiger partial charge in [0.15, 0.2) is 5.11 Å². The van der Waals surface area contributed by atoms with Crippen LogP contribution < -0.4 is 15.0 Å². The molecular weight excluding hydrogens is 452 g/mol. The number of pyridine rings is 1. The van der Waals surface area contributed by atoms with E-state index < -0.39 is 0 Å². The van der Waals surface area contributed by atoms with E-state index in [2.05, 4.69) is 78.9 Å². The summed E-state index contributed by atoms with van der Waals surface area (Å²) in [5.41, 5.74) is 9.16. The third-order valence-corrected chi connectivity index (χ3v) is 7.15. The number of hydrogen-bond donors (Lipinski definition) is 1. The first-order valence-corrected chi connectivity index (χ1v) is 12.2. The van der Waals surface area contributed by atoms with Crippen LogP contribution in [0.4, 0.5) is 5.69 Å². The van der Waals surface area contributed by atoms with Gasteiger partial charge in [-0.25, -0.2) is 0 Å². The first-order chi connectivity index (χ1) is 16.9. The molecule has 2 aromatic heterocycles. The molecule has 0 radical (unpaired) electrons. The third-order valence-electron chi connectivity index (χ3n) is 6.84. The number of nitrogens with zero attached hydrogens (tertiary/aromatic N) is 3. The maximum Gasteiger partial charge on any atom is 0.174 e. The van der Waals surface area contributed by atoms with E-state index in [1.54, 1.807) is 7.11 Å². The number of hydrogen-bond acceptors (Lipinski definition) is 3. The molecule has 3 heterocycles. The van der Waals surface area contributed by atoms with E-state index in [1.165, 1.54) is 33.8 Å². The fourth-order valence-corrected chi connectivity index (χ4v) is 5.52. The Balaban J connectivity index is 1.72. The molecule has 1 fully saturated rings. The van der Waals surface area contributed by atoms with Crippen molar-refractivity contribution >= 4 is 23.0 Å². The van der Waals surface area contributed by atoms with Crippen molar-refractivity contribution in [3.8, 4) is 11.4 Å². The topological polar surface area (TPSA) is 42.3 Å². The first-order valence-electron chi connectivity index (χ1n) is 11.8. The summed E-state index contributed by atoms with van der Waals surface area (Å²) in [5, 5.41) is 4.22. The number of benzene rings is 2. The monoisotopic (exact) mass is 482 g/mol. The fourth-order valence-electron chi connectivity index (χ4n) is 5.18. The summed E-state index contributed by atoms with van der Waals surface area (Å²) in [6, 6.07) is 22.7. The lowest BCUT2D eigenvalue weighted by molar-refractivity contribution is 0.414. The van der Waals surface area contributed by atoms with Gasteiger partial charge < -0.3 is 19.5 Å². The van der Waals surface area contributed by atoms with Crippen molar-refractivity contribution in [2.75, 3.05) is 12.0 Å². The van der Waals surface area contributed by atoms with Crippen LogP contribution in [0.3, 0.4) is 0 Å². The highest BCUT2D eigenvalue weighted by Crippen LogP contribution is 2.46. The molecule has 2 atom stereocenters. The van der Waals surface area contributed by atoms with E-state index in [4.69, 9.17) is 21.9 Å². The van der Waals surface area contributed by atoms with E-state index in [0.29, 0.717) is 5.11 Å². The molecular formula is C29H30N4OS. The Hall–Kier alpha value is -3.64. The summed E-state index contributed by atoms with van der Waals surface area (Å²) < 4.78 is 8.09. The quantitative estimate of drug-likeness (QED) is 0.339. The number of thiocarbonyl (C=S) groups is 1. The predicted molar refractivity (Wildman–Crippen MR) is 146 cm³/mol. The molecule has 5 rings (SSSR count). The molecule has 0 aliphatic carbocycles. The second-order valence-corrected chi connectivity index (χ2v) is 9.51. The van der Waals surface area contributed by atoms with Crippen LogP contribution >= 0.6 is 12.2 Å². The molecule has 0 bridgehead atoms. The molecule has 0 unspecified atom stereocenters. The Morgan fingerprint density at radius 1 is 0.914 bits per heavy atom. The summed E-state index contributed by atoms with van der Waals surface area (Å²) >= 11 is 5.92. The number of nitrogens with one attached hydrogen (secondary N) is 1. The van der Waals surface area contributed by atoms with Crippen LogP contribution in [0.15, 0.2) is 72.9 Å². The molecule has 1 saturated heterocycles. The van der Waals surface area contributed by atoms with Crippen LogP contribution in [0.5, 0.6) is 5.75 Å². The molecule has 2 aromatic carbocycles. The van der Waals surface area contributed by atoms with Crippen molar-refractivity contribution < 1.29 is 4.74 Å². The van der Waals surface area contributed by atoms with Gasteiger partial charge in [0.25, 0.3) is 0 Å². The van der Waals surface area contributed by atoms with E-state index >= 15 is 0 Å². The Morgan fingerprint density at radius 3 is 2.43 bits per heavy atom. The lowest BCUT2D eigenvalue weighted by Gasteiger charge is -2.29. The molecule has 35 heavy (non-hydrogen) atoms. The largest absolute Gasteiger partial charge is 0.495 e. The molecule has 1 N–H and O–H groups in total. The zero-order valence-corrected chi connectivity index (χ0v) is 21.6. The van der Waals surface area contributed by atoms with Crippen LogP contribution in [0.1, 0.15) is 45.9 Å². The lowest BCUT2D eigenvalue weighted by Crippen LogP contribution is -2.30. The Labute approximate surface area is 212 Å². The molecule has 1 aliphatic rings. The predicted octanol–water partition coefficient (Wildman–Crippen LogP) is 6.29. The SMILES string of the molecule is COc1ccccc1N1C(=S)N[C@H](c2ccccn2)[C@@H]1c1cc(C)n(-c2cc(C)ccc2C)c1C. The van der Waals surface area contributed by atoms with Gasteiger partial charge in [0.05, 0.1) is 30.6 Å². The second kappa shape index (κ2) is 9.19. The number of aryl methyl sites for hydroxylation is 3. The summed E-state index contributed by atoms with van der Waals surface area (Å²) in [7, 11) is 1.70. The molecule has 5 nitrogen and oxygen atoms in total. The van der Waals surface area contributed by atoms with Gasteiger partial charge in [-0.3, -0.25) is 4.98 Å². The van der Waals surface area contributed by atoms with Crippen molar-refractivity contribution in [1.82, 2.24) is 14.9 Å². The summed E-state index contributed by atoms with van der Waals surface area (Å²) in [5.74, 6) is 0.784. The first kappa shape index (κ1) is 23.1. The minimum atomic E-state index is -0.110. The Bertz CT molecular complexity index is 1400. The van der Waals surface area contributed by atoms with Gasteiger partial charge in [0.1, 0.15) is 5.75 Å². The number of rotatable bonds is 5. The van der Waals surface area contributed by atoms with Crippen molar-refractivity contribution in [1.29, 1.82) is 0 Å². The zero-order chi connectivity index (χ0) is 24.7. The smallest absolute Gasteiger partial charge is 0.174 e. The molecule has 0 spiro atoms. The van der Waals surface area contributed by atoms with Gasteiger partial charge in [0.2, 0.25) is 0 Å². The highest BCUT2D eigenvalue weighted by Gasteiger charge is 2.43. The molecule has 4 aromatic rings. The number of ether oxygens (including phenoxy) is 1. The Morgan fingerprint density at radius 2 is 1.69 bits per heavy atom. The maximum absolute atomic E-state index is 5.92. The van der Waals surface area contributed by atoms with E-state index in [1.807, 2.05) is 36.5 Å². The number of aromatic nitrogens is 2. The minimum Gasteiger partial charge on any atom is -0.495 e. The fraction of sp³-hybridized carbons (Fsp3) is 0.241. The molecule has 0 saturated carbocycles. The number of para-hydroxylation sites is 2. The van der Waals surface area contributed by atoms with E-state index in [-0.39, 0.29) is 12.1 Å². The highest BCUT2D eigenvalue weighted by atomic mass is 32.1. The molecule has 6 heteroatoms. The van der Waals surface area contributed by atoms with Crippen LogP contribution in [0.25, 0.3) is 5.69 Å². The van der Waals surface area contributed by atoms with Crippen LogP contribution in [0, 0.1) is 27.7 Å². The van der Waals surface area contributed by atoms with Crippen molar-refractivity contribution in [2.24, 2.45) is 0 Å². The number of anilines is 1. The molecule has 178 valence electrons. The standard InChI is InChI=1S/C29H30N4OS/c1-18-13-14-19(2)25(16-18)32-20(3)17-22(21(32)4)28-27(23-10-8-9-15-30-23)31-29(35)33(28)24-11-6-7-12-26(24)34-5/h6-17,27-28H,1-5H3,(H,31,35)/t27-,28+/m1/s1. The van der Waals surface area contributed by atoms with E-state index in [9.17, 15) is 0 Å². The molecule has 0 amide bonds.